The van der Waals surface area contributed by atoms with Crippen LogP contribution in [0.15, 0.2) is 60.8 Å². The molecule has 1 aliphatic heterocycles. The highest BCUT2D eigenvalue weighted by Gasteiger charge is 2.36. The van der Waals surface area contributed by atoms with E-state index in [2.05, 4.69) is 37.8 Å². The maximum absolute atomic E-state index is 13.8. The molecule has 3 heterocycles. The molecule has 4 aromatic rings. The number of anilines is 3. The van der Waals surface area contributed by atoms with E-state index >= 15 is 0 Å². The quantitative estimate of drug-likeness (QED) is 0.149. The molecular formula is C39H41F3N8O6. The lowest BCUT2D eigenvalue weighted by Crippen LogP contribution is -2.44. The maximum atomic E-state index is 13.8. The molecule has 0 saturated carbocycles. The van der Waals surface area contributed by atoms with Gasteiger partial charge in [0.1, 0.15) is 16.9 Å². The van der Waals surface area contributed by atoms with Gasteiger partial charge in [-0.25, -0.2) is 29.3 Å². The number of hydrogen-bond donors (Lipinski definition) is 4. The lowest BCUT2D eigenvalue weighted by Gasteiger charge is -2.29. The Morgan fingerprint density at radius 3 is 2.25 bits per heavy atom. The van der Waals surface area contributed by atoms with E-state index in [-0.39, 0.29) is 48.9 Å². The second-order valence-electron chi connectivity index (χ2n) is 14.6. The topological polar surface area (TPSA) is 183 Å². The number of benzene rings is 2. The number of nitrogens with zero attached hydrogens (tertiary/aromatic N) is 4. The van der Waals surface area contributed by atoms with E-state index in [1.54, 1.807) is 71.9 Å². The zero-order chi connectivity index (χ0) is 41.0. The van der Waals surface area contributed by atoms with Gasteiger partial charge in [-0.3, -0.25) is 4.79 Å². The molecule has 0 unspecified atom stereocenters. The molecule has 0 aliphatic carbocycles. The van der Waals surface area contributed by atoms with Crippen LogP contribution in [0, 0.1) is 11.8 Å². The fourth-order valence-corrected chi connectivity index (χ4v) is 5.57. The number of hydrogen-bond acceptors (Lipinski definition) is 9. The summed E-state index contributed by atoms with van der Waals surface area (Å²) in [6, 6.07) is 11.5. The van der Waals surface area contributed by atoms with Crippen LogP contribution in [0.25, 0.3) is 11.4 Å². The van der Waals surface area contributed by atoms with Crippen molar-refractivity contribution in [2.24, 2.45) is 0 Å². The van der Waals surface area contributed by atoms with E-state index in [0.717, 1.165) is 29.2 Å². The first-order valence-electron chi connectivity index (χ1n) is 17.4. The molecule has 0 radical (unpaired) electrons. The van der Waals surface area contributed by atoms with E-state index in [0.29, 0.717) is 28.2 Å². The Kier molecular flexibility index (Phi) is 11.6. The highest BCUT2D eigenvalue weighted by molar-refractivity contribution is 6.05. The third kappa shape index (κ3) is 10.6. The molecule has 294 valence electrons. The Labute approximate surface area is 321 Å². The molecule has 2 aromatic carbocycles. The fraction of sp³-hybridized carbons (Fsp3) is 0.333. The van der Waals surface area contributed by atoms with E-state index in [9.17, 15) is 32.3 Å². The van der Waals surface area contributed by atoms with Gasteiger partial charge >= 0.3 is 24.4 Å². The molecule has 0 bridgehead atoms. The predicted octanol–water partition coefficient (Wildman–Crippen LogP) is 7.05. The van der Waals surface area contributed by atoms with Gasteiger partial charge in [-0.2, -0.15) is 13.2 Å². The Morgan fingerprint density at radius 2 is 1.59 bits per heavy atom. The molecule has 0 saturated heterocycles. The summed E-state index contributed by atoms with van der Waals surface area (Å²) in [4.78, 5) is 61.5. The molecule has 17 heteroatoms. The van der Waals surface area contributed by atoms with Gasteiger partial charge in [0.25, 0.3) is 5.91 Å². The van der Waals surface area contributed by atoms with Crippen LogP contribution in [-0.4, -0.2) is 67.9 Å². The lowest BCUT2D eigenvalue weighted by atomic mass is 10.1. The molecular weight excluding hydrogens is 733 g/mol. The summed E-state index contributed by atoms with van der Waals surface area (Å²) in [7, 11) is 0. The minimum absolute atomic E-state index is 0.0506. The average Bonchev–Trinajstić information content (AvgIpc) is 3.45. The number of alkyl halides is 3. The second kappa shape index (κ2) is 16.0. The number of nitrogens with one attached hydrogen (secondary N) is 3. The Hall–Kier alpha value is -6.57. The third-order valence-corrected chi connectivity index (χ3v) is 7.86. The smallest absolute Gasteiger partial charge is 0.417 e. The van der Waals surface area contributed by atoms with Gasteiger partial charge in [0.05, 0.1) is 22.4 Å². The largest absolute Gasteiger partial charge is 0.444 e. The van der Waals surface area contributed by atoms with Gasteiger partial charge in [0.15, 0.2) is 0 Å². The van der Waals surface area contributed by atoms with Crippen LogP contribution < -0.4 is 21.7 Å². The van der Waals surface area contributed by atoms with Gasteiger partial charge in [0, 0.05) is 54.9 Å². The summed E-state index contributed by atoms with van der Waals surface area (Å²) in [5, 5.41) is 7.84. The van der Waals surface area contributed by atoms with Crippen molar-refractivity contribution in [3.05, 3.63) is 88.7 Å². The first-order valence-corrected chi connectivity index (χ1v) is 17.4. The van der Waals surface area contributed by atoms with Crippen LogP contribution >= 0.6 is 0 Å². The number of halogens is 3. The number of ether oxygens (including phenoxy) is 2. The summed E-state index contributed by atoms with van der Waals surface area (Å²) in [6.07, 6.45) is -4.20. The minimum Gasteiger partial charge on any atom is -0.444 e. The number of carbonyl (C=O) groups is 4. The number of amides is 5. The molecule has 14 nitrogen and oxygen atoms in total. The number of alkyl carbamates (subject to hydrolysis) is 1. The predicted molar refractivity (Wildman–Crippen MR) is 202 cm³/mol. The van der Waals surface area contributed by atoms with Crippen molar-refractivity contribution in [1.29, 1.82) is 0 Å². The van der Waals surface area contributed by atoms with Crippen molar-refractivity contribution in [2.45, 2.75) is 71.9 Å². The number of nitrogen functional groups attached to an aromatic ring is 1. The Morgan fingerprint density at radius 1 is 0.911 bits per heavy atom. The standard InChI is InChI=1S/C39H41F3N8O6/c1-37(2,3)55-35(53)44-17-19-49-29-16-18-50(36(54)56-38(4,5)6)32(51)28(29)21-30(49)31-24(22-45-33(43)48-31)11-10-23-8-7-9-27(20-23)47-34(52)46-26-14-12-25(13-15-26)39(40,41)42/h7-9,12-15,20-22H,16-19H2,1-6H3,(H,44,53)(H2,43,45,48)(H2,46,47,52). The van der Waals surface area contributed by atoms with Crippen LogP contribution in [0.2, 0.25) is 0 Å². The zero-order valence-electron chi connectivity index (χ0n) is 31.6. The monoisotopic (exact) mass is 774 g/mol. The number of urea groups is 1. The molecule has 5 amide bonds. The summed E-state index contributed by atoms with van der Waals surface area (Å²) in [5.74, 6) is 5.42. The van der Waals surface area contributed by atoms with Crippen LogP contribution in [0.5, 0.6) is 0 Å². The lowest BCUT2D eigenvalue weighted by molar-refractivity contribution is -0.137. The number of aromatic nitrogens is 3. The van der Waals surface area contributed by atoms with Crippen LogP contribution in [-0.2, 0) is 28.6 Å². The van der Waals surface area contributed by atoms with E-state index in [1.807, 2.05) is 4.57 Å². The summed E-state index contributed by atoms with van der Waals surface area (Å²) >= 11 is 0. The van der Waals surface area contributed by atoms with Gasteiger partial charge in [-0.15, -0.1) is 0 Å². The van der Waals surface area contributed by atoms with Crippen molar-refractivity contribution in [3.63, 3.8) is 0 Å². The molecule has 5 rings (SSSR count). The number of imide groups is 1. The van der Waals surface area contributed by atoms with Gasteiger partial charge in [0.2, 0.25) is 5.95 Å². The number of fused-ring (bicyclic) bond motifs is 1. The van der Waals surface area contributed by atoms with Crippen molar-refractivity contribution in [3.8, 4) is 23.2 Å². The average molecular weight is 775 g/mol. The molecule has 0 spiro atoms. The van der Waals surface area contributed by atoms with E-state index < -0.39 is 47.1 Å². The van der Waals surface area contributed by atoms with E-state index in [4.69, 9.17) is 15.2 Å². The summed E-state index contributed by atoms with van der Waals surface area (Å²) < 4.78 is 51.4. The highest BCUT2D eigenvalue weighted by Crippen LogP contribution is 2.32. The minimum atomic E-state index is -4.50. The molecule has 56 heavy (non-hydrogen) atoms. The van der Waals surface area contributed by atoms with Crippen molar-refractivity contribution >= 4 is 41.4 Å². The first kappa shape index (κ1) is 40.6. The van der Waals surface area contributed by atoms with Gasteiger partial charge in [-0.05, 0) is 90.1 Å². The number of nitrogens with two attached hydrogens (primary N) is 1. The normalized spacial score (nSPS) is 12.9. The zero-order valence-corrected chi connectivity index (χ0v) is 31.6. The molecule has 0 fully saturated rings. The third-order valence-electron chi connectivity index (χ3n) is 7.86. The van der Waals surface area contributed by atoms with E-state index in [1.165, 1.54) is 6.20 Å². The van der Waals surface area contributed by atoms with Crippen LogP contribution in [0.4, 0.5) is 44.9 Å². The maximum Gasteiger partial charge on any atom is 0.417 e. The molecule has 0 atom stereocenters. The number of carbonyl (C=O) groups excluding carboxylic acids is 4. The van der Waals surface area contributed by atoms with Crippen molar-refractivity contribution in [2.75, 3.05) is 29.5 Å². The first-order chi connectivity index (χ1) is 26.2. The molecule has 1 aliphatic rings. The van der Waals surface area contributed by atoms with Crippen LogP contribution in [0.1, 0.15) is 74.3 Å². The Bertz CT molecular complexity index is 2210. The molecule has 5 N–H and O–H groups in total. The second-order valence-corrected chi connectivity index (χ2v) is 14.6. The van der Waals surface area contributed by atoms with Crippen molar-refractivity contribution in [1.82, 2.24) is 24.8 Å². The Balaban J connectivity index is 1.43. The van der Waals surface area contributed by atoms with Gasteiger partial charge in [-0.1, -0.05) is 17.9 Å². The molecule has 2 aromatic heterocycles. The SMILES string of the molecule is CC(C)(C)OC(=O)NCCn1c(-c2nc(N)ncc2C#Cc2cccc(NC(=O)Nc3ccc(C(F)(F)F)cc3)c2)cc2c1CCN(C(=O)OC(C)(C)C)C2=O. The van der Waals surface area contributed by atoms with Gasteiger partial charge < -0.3 is 35.7 Å². The highest BCUT2D eigenvalue weighted by atomic mass is 19.4. The van der Waals surface area contributed by atoms with Crippen molar-refractivity contribution < 1.29 is 41.8 Å². The number of rotatable bonds is 6. The summed E-state index contributed by atoms with van der Waals surface area (Å²) in [5.41, 5.74) is 6.50. The summed E-state index contributed by atoms with van der Waals surface area (Å²) in [6.45, 7) is 10.7. The van der Waals surface area contributed by atoms with Crippen LogP contribution in [0.3, 0.4) is 0 Å². The fourth-order valence-electron chi connectivity index (χ4n) is 5.57.